The van der Waals surface area contributed by atoms with Gasteiger partial charge in [-0.25, -0.2) is 0 Å². The van der Waals surface area contributed by atoms with Crippen molar-refractivity contribution in [2.75, 3.05) is 14.7 Å². The van der Waals surface area contributed by atoms with Crippen molar-refractivity contribution in [1.29, 1.82) is 0 Å². The molecule has 1 fully saturated rings. The molecule has 6 aliphatic rings. The van der Waals surface area contributed by atoms with Crippen LogP contribution in [0.4, 0.5) is 45.5 Å². The van der Waals surface area contributed by atoms with Gasteiger partial charge in [-0.2, -0.15) is 0 Å². The van der Waals surface area contributed by atoms with Crippen molar-refractivity contribution in [2.24, 2.45) is 0 Å². The maximum absolute atomic E-state index is 2.86. The minimum Gasteiger partial charge on any atom is -0.334 e. The predicted molar refractivity (Wildman–Crippen MR) is 369 cm³/mol. The van der Waals surface area contributed by atoms with Gasteiger partial charge in [0.25, 0.3) is 6.71 Å². The predicted octanol–water partition coefficient (Wildman–Crippen LogP) is 20.5. The fourth-order valence-electron chi connectivity index (χ4n) is 17.2. The van der Waals surface area contributed by atoms with Crippen LogP contribution in [0.5, 0.6) is 0 Å². The average molecular weight is 1120 g/mol. The molecule has 9 aromatic rings. The lowest BCUT2D eigenvalue weighted by Gasteiger charge is -2.51. The smallest absolute Gasteiger partial charge is 0.252 e. The molecule has 2 unspecified atom stereocenters. The Morgan fingerprint density at radius 1 is 0.349 bits per heavy atom. The summed E-state index contributed by atoms with van der Waals surface area (Å²) in [5, 5.41) is 0. The molecule has 0 radical (unpaired) electrons. The highest BCUT2D eigenvalue weighted by molar-refractivity contribution is 7.00. The van der Waals surface area contributed by atoms with E-state index in [2.05, 4.69) is 293 Å². The largest absolute Gasteiger partial charge is 0.334 e. The van der Waals surface area contributed by atoms with Crippen LogP contribution in [-0.4, -0.2) is 12.3 Å². The molecule has 1 saturated carbocycles. The van der Waals surface area contributed by atoms with Crippen molar-refractivity contribution < 1.29 is 0 Å². The summed E-state index contributed by atoms with van der Waals surface area (Å²) in [4.78, 5) is 8.38. The molecule has 2 atom stereocenters. The summed E-state index contributed by atoms with van der Waals surface area (Å²) >= 11 is 0. The molecule has 86 heavy (non-hydrogen) atoms. The van der Waals surface area contributed by atoms with Gasteiger partial charge in [0.1, 0.15) is 0 Å². The van der Waals surface area contributed by atoms with Crippen LogP contribution in [0.25, 0.3) is 33.4 Å². The second-order valence-electron chi connectivity index (χ2n) is 31.0. The van der Waals surface area contributed by atoms with Gasteiger partial charge in [0, 0.05) is 50.8 Å². The minimum absolute atomic E-state index is 0.00247. The summed E-state index contributed by atoms with van der Waals surface area (Å²) in [6.45, 7) is 32.2. The number of fused-ring (bicyclic) bond motifs is 9. The van der Waals surface area contributed by atoms with E-state index in [0.29, 0.717) is 0 Å². The Labute approximate surface area is 514 Å². The van der Waals surface area contributed by atoms with E-state index in [9.17, 15) is 0 Å². The van der Waals surface area contributed by atoms with Crippen molar-refractivity contribution in [1.82, 2.24) is 0 Å². The molecule has 0 amide bonds. The number of anilines is 8. The number of hydrogen-bond donors (Lipinski definition) is 0. The summed E-state index contributed by atoms with van der Waals surface area (Å²) in [7, 11) is 0. The molecule has 3 aliphatic heterocycles. The highest BCUT2D eigenvalue weighted by Crippen LogP contribution is 2.63. The molecule has 3 aliphatic carbocycles. The summed E-state index contributed by atoms with van der Waals surface area (Å²) < 4.78 is 0. The zero-order valence-electron chi connectivity index (χ0n) is 53.5. The zero-order chi connectivity index (χ0) is 59.7. The maximum atomic E-state index is 2.86. The summed E-state index contributed by atoms with van der Waals surface area (Å²) in [5.41, 5.74) is 30.2. The van der Waals surface area contributed by atoms with E-state index >= 15 is 0 Å². The molecule has 0 N–H and O–H groups in total. The van der Waals surface area contributed by atoms with E-state index in [4.69, 9.17) is 0 Å². The molecule has 15 rings (SSSR count). The van der Waals surface area contributed by atoms with E-state index in [1.165, 1.54) is 148 Å². The normalized spacial score (nSPS) is 21.5. The first-order valence-corrected chi connectivity index (χ1v) is 32.5. The Bertz CT molecular complexity index is 4220. The monoisotopic (exact) mass is 1120 g/mol. The number of nitrogens with zero attached hydrogens (tertiary/aromatic N) is 3. The summed E-state index contributed by atoms with van der Waals surface area (Å²) in [6.07, 6.45) is 9.31. The lowest BCUT2D eigenvalue weighted by atomic mass is 9.33. The van der Waals surface area contributed by atoms with Gasteiger partial charge in [0.2, 0.25) is 0 Å². The van der Waals surface area contributed by atoms with Crippen LogP contribution in [0.1, 0.15) is 175 Å². The lowest BCUT2D eigenvalue weighted by Crippen LogP contribution is -2.62. The third kappa shape index (κ3) is 8.19. The van der Waals surface area contributed by atoms with Crippen LogP contribution >= 0.6 is 0 Å². The second kappa shape index (κ2) is 19.0. The van der Waals surface area contributed by atoms with Crippen molar-refractivity contribution in [3.05, 3.63) is 221 Å². The van der Waals surface area contributed by atoms with Crippen LogP contribution in [0.2, 0.25) is 0 Å². The Morgan fingerprint density at radius 3 is 1.50 bits per heavy atom. The van der Waals surface area contributed by atoms with E-state index < -0.39 is 0 Å². The summed E-state index contributed by atoms with van der Waals surface area (Å²) in [5.74, 6) is 0. The van der Waals surface area contributed by atoms with E-state index in [-0.39, 0.29) is 44.7 Å². The van der Waals surface area contributed by atoms with Crippen molar-refractivity contribution in [3.8, 4) is 33.4 Å². The van der Waals surface area contributed by atoms with Gasteiger partial charge in [-0.05, 0) is 211 Å². The van der Waals surface area contributed by atoms with Gasteiger partial charge in [-0.1, -0.05) is 223 Å². The van der Waals surface area contributed by atoms with E-state index in [1.807, 2.05) is 0 Å². The topological polar surface area (TPSA) is 9.72 Å². The first-order chi connectivity index (χ1) is 41.0. The SMILES string of the molecule is CC(C)(C)c1ccc(N2c3cc(-c4ccccc4)ccc3B3c4cc5c(cc4N(c4ccc6c(c4)C(C)(C)CCC6(C)C)c4cc(N6c7ccc(-c8ccccc8)cc7C7(C)CCCCC67C)cc2c43)C(C)(C)CCC5(C)C)c(-c2ccccc2)c1. The molecule has 3 heterocycles. The Kier molecular flexibility index (Phi) is 12.1. The highest BCUT2D eigenvalue weighted by Gasteiger charge is 2.58. The second-order valence-corrected chi connectivity index (χ2v) is 31.0. The molecular weight excluding hydrogens is 1040 g/mol. The molecule has 0 saturated heterocycles. The van der Waals surface area contributed by atoms with E-state index in [1.54, 1.807) is 0 Å². The fourth-order valence-corrected chi connectivity index (χ4v) is 17.2. The number of hydrogen-bond acceptors (Lipinski definition) is 3. The highest BCUT2D eigenvalue weighted by atomic mass is 15.3. The molecule has 3 nitrogen and oxygen atoms in total. The summed E-state index contributed by atoms with van der Waals surface area (Å²) in [6, 6.07) is 74.3. The number of rotatable bonds is 6. The lowest BCUT2D eigenvalue weighted by molar-refractivity contribution is 0.195. The van der Waals surface area contributed by atoms with Gasteiger partial charge in [0.15, 0.2) is 0 Å². The van der Waals surface area contributed by atoms with Crippen molar-refractivity contribution >= 4 is 68.6 Å². The molecule has 4 heteroatoms. The molecule has 0 aromatic heterocycles. The Hall–Kier alpha value is -7.56. The molecular formula is C82H86BN3. The van der Waals surface area contributed by atoms with Gasteiger partial charge in [0.05, 0.1) is 11.2 Å². The van der Waals surface area contributed by atoms with Crippen LogP contribution in [-0.2, 0) is 32.5 Å². The first kappa shape index (κ1) is 55.1. The van der Waals surface area contributed by atoms with E-state index in [0.717, 1.165) is 32.1 Å². The number of benzene rings is 9. The molecule has 432 valence electrons. The quantitative estimate of drug-likeness (QED) is 0.154. The van der Waals surface area contributed by atoms with Gasteiger partial charge < -0.3 is 14.7 Å². The third-order valence-electron chi connectivity index (χ3n) is 22.9. The standard InChI is InChI=1S/C82H86BN3/c1-76(2,3)58-33-38-69(61(47-58)55-29-21-16-22-30-55)85-71-46-57(54-27-19-15-20-28-54)31-36-67(71)83-68-51-64-65(80(10,11)44-43-79(64,8)9)52-72(68)84(59-34-35-62-63(48-59)78(6,7)42-41-77(62,4)5)73-49-60(50-74(85)75(73)83)86-70-37-32-56(53-25-17-14-18-26-53)45-66(70)81(12)39-23-24-40-82(81,86)13/h14-22,25-38,45-52H,23-24,39-44H2,1-13H3. The first-order valence-electron chi connectivity index (χ1n) is 32.5. The van der Waals surface area contributed by atoms with Gasteiger partial charge in [-0.3, -0.25) is 0 Å². The minimum atomic E-state index is -0.210. The average Bonchev–Trinajstić information content (AvgIpc) is 1.54. The van der Waals surface area contributed by atoms with Crippen LogP contribution < -0.4 is 31.1 Å². The van der Waals surface area contributed by atoms with Crippen LogP contribution in [0.3, 0.4) is 0 Å². The Morgan fingerprint density at radius 2 is 0.872 bits per heavy atom. The van der Waals surface area contributed by atoms with Gasteiger partial charge >= 0.3 is 0 Å². The Balaban J connectivity index is 1.10. The zero-order valence-corrected chi connectivity index (χ0v) is 53.5. The molecule has 0 bridgehead atoms. The molecule has 0 spiro atoms. The van der Waals surface area contributed by atoms with Crippen LogP contribution in [0, 0.1) is 0 Å². The third-order valence-corrected chi connectivity index (χ3v) is 22.9. The molecule has 9 aromatic carbocycles. The van der Waals surface area contributed by atoms with Crippen molar-refractivity contribution in [2.45, 2.75) is 179 Å². The van der Waals surface area contributed by atoms with Crippen molar-refractivity contribution in [3.63, 3.8) is 0 Å². The maximum Gasteiger partial charge on any atom is 0.252 e. The van der Waals surface area contributed by atoms with Gasteiger partial charge in [-0.15, -0.1) is 0 Å². The van der Waals surface area contributed by atoms with Crippen LogP contribution in [0.15, 0.2) is 188 Å². The fraction of sp³-hybridized carbons (Fsp3) is 0.341.